The predicted octanol–water partition coefficient (Wildman–Crippen LogP) is 1.82. The van der Waals surface area contributed by atoms with Gasteiger partial charge in [0.1, 0.15) is 5.41 Å². The van der Waals surface area contributed by atoms with Gasteiger partial charge >= 0.3 is 17.9 Å². The van der Waals surface area contributed by atoms with Crippen LogP contribution in [0.4, 0.5) is 0 Å². The van der Waals surface area contributed by atoms with Crippen LogP contribution >= 0.6 is 0 Å². The number of nitrogens with zero attached hydrogens (tertiary/aromatic N) is 1. The van der Waals surface area contributed by atoms with Crippen LogP contribution in [0.25, 0.3) is 0 Å². The summed E-state index contributed by atoms with van der Waals surface area (Å²) in [5.74, 6) is -7.03. The van der Waals surface area contributed by atoms with Gasteiger partial charge in [-0.25, -0.2) is 4.79 Å². The number of carboxylic acids is 3. The molecule has 0 aliphatic heterocycles. The SMILES string of the molecule is CC(C#N)C1=C(C(=O)O)C=CC(C(=O)O)C1(C(=O)O)c1ccccc1. The molecule has 7 heteroatoms. The van der Waals surface area contributed by atoms with E-state index in [4.69, 9.17) is 0 Å². The fourth-order valence-corrected chi connectivity index (χ4v) is 3.31. The third kappa shape index (κ3) is 2.68. The Bertz CT molecular complexity index is 833. The number of benzene rings is 1. The van der Waals surface area contributed by atoms with E-state index in [1.165, 1.54) is 31.2 Å². The first-order valence-electron chi connectivity index (χ1n) is 7.35. The minimum absolute atomic E-state index is 0.107. The first-order chi connectivity index (χ1) is 11.8. The Hall–Kier alpha value is -3.40. The molecule has 0 saturated heterocycles. The van der Waals surface area contributed by atoms with E-state index in [0.717, 1.165) is 12.2 Å². The van der Waals surface area contributed by atoms with Crippen molar-refractivity contribution in [2.75, 3.05) is 0 Å². The lowest BCUT2D eigenvalue weighted by atomic mass is 9.59. The number of rotatable bonds is 5. The van der Waals surface area contributed by atoms with Crippen molar-refractivity contribution in [2.45, 2.75) is 12.3 Å². The average molecular weight is 341 g/mol. The summed E-state index contributed by atoms with van der Waals surface area (Å²) in [6.07, 6.45) is 2.12. The Morgan fingerprint density at radius 1 is 1.16 bits per heavy atom. The molecule has 0 radical (unpaired) electrons. The highest BCUT2D eigenvalue weighted by Crippen LogP contribution is 2.48. The predicted molar refractivity (Wildman–Crippen MR) is 85.5 cm³/mol. The van der Waals surface area contributed by atoms with Gasteiger partial charge < -0.3 is 15.3 Å². The largest absolute Gasteiger partial charge is 0.481 e. The van der Waals surface area contributed by atoms with Crippen LogP contribution in [-0.4, -0.2) is 33.2 Å². The molecule has 1 aliphatic rings. The summed E-state index contributed by atoms with van der Waals surface area (Å²) in [4.78, 5) is 35.8. The van der Waals surface area contributed by atoms with Crippen molar-refractivity contribution in [3.63, 3.8) is 0 Å². The lowest BCUT2D eigenvalue weighted by Gasteiger charge is -2.40. The molecular formula is C18H15NO6. The summed E-state index contributed by atoms with van der Waals surface area (Å²) >= 11 is 0. The van der Waals surface area contributed by atoms with E-state index in [1.54, 1.807) is 6.07 Å². The van der Waals surface area contributed by atoms with Gasteiger partial charge in [0.25, 0.3) is 0 Å². The van der Waals surface area contributed by atoms with E-state index in [0.29, 0.717) is 0 Å². The summed E-state index contributed by atoms with van der Waals surface area (Å²) in [6.45, 7) is 1.36. The molecule has 0 saturated carbocycles. The van der Waals surface area contributed by atoms with Crippen LogP contribution in [-0.2, 0) is 19.8 Å². The second-order valence-corrected chi connectivity index (χ2v) is 5.64. The topological polar surface area (TPSA) is 136 Å². The quantitative estimate of drug-likeness (QED) is 0.743. The van der Waals surface area contributed by atoms with Crippen LogP contribution in [0, 0.1) is 23.2 Å². The lowest BCUT2D eigenvalue weighted by molar-refractivity contribution is -0.153. The molecule has 0 amide bonds. The molecule has 0 bridgehead atoms. The highest BCUT2D eigenvalue weighted by molar-refractivity contribution is 6.00. The van der Waals surface area contributed by atoms with Crippen LogP contribution in [0.3, 0.4) is 0 Å². The van der Waals surface area contributed by atoms with E-state index < -0.39 is 35.2 Å². The molecule has 0 heterocycles. The molecule has 25 heavy (non-hydrogen) atoms. The highest BCUT2D eigenvalue weighted by atomic mass is 16.4. The Morgan fingerprint density at radius 2 is 1.76 bits per heavy atom. The maximum absolute atomic E-state index is 12.4. The van der Waals surface area contributed by atoms with E-state index >= 15 is 0 Å². The average Bonchev–Trinajstić information content (AvgIpc) is 2.59. The fourth-order valence-electron chi connectivity index (χ4n) is 3.31. The number of hydrogen-bond donors (Lipinski definition) is 3. The van der Waals surface area contributed by atoms with Crippen molar-refractivity contribution in [3.05, 3.63) is 59.2 Å². The Kier molecular flexibility index (Phi) is 4.75. The van der Waals surface area contributed by atoms with Gasteiger partial charge in [0.2, 0.25) is 0 Å². The van der Waals surface area contributed by atoms with Crippen molar-refractivity contribution < 1.29 is 29.7 Å². The van der Waals surface area contributed by atoms with E-state index in [-0.39, 0.29) is 16.7 Å². The minimum atomic E-state index is -2.19. The molecule has 128 valence electrons. The number of nitriles is 1. The van der Waals surface area contributed by atoms with Crippen molar-refractivity contribution in [2.24, 2.45) is 11.8 Å². The van der Waals surface area contributed by atoms with Crippen molar-refractivity contribution >= 4 is 17.9 Å². The van der Waals surface area contributed by atoms with Gasteiger partial charge in [0.15, 0.2) is 0 Å². The van der Waals surface area contributed by atoms with Gasteiger partial charge in [-0.3, -0.25) is 9.59 Å². The third-order valence-corrected chi connectivity index (χ3v) is 4.33. The summed E-state index contributed by atoms with van der Waals surface area (Å²) in [6, 6.07) is 9.39. The zero-order valence-electron chi connectivity index (χ0n) is 13.2. The van der Waals surface area contributed by atoms with Crippen LogP contribution in [0.2, 0.25) is 0 Å². The van der Waals surface area contributed by atoms with Crippen LogP contribution < -0.4 is 0 Å². The van der Waals surface area contributed by atoms with E-state index in [1.807, 2.05) is 6.07 Å². The summed E-state index contributed by atoms with van der Waals surface area (Å²) in [5, 5.41) is 38.5. The second-order valence-electron chi connectivity index (χ2n) is 5.64. The van der Waals surface area contributed by atoms with Crippen molar-refractivity contribution in [1.82, 2.24) is 0 Å². The molecule has 0 spiro atoms. The van der Waals surface area contributed by atoms with Gasteiger partial charge in [-0.2, -0.15) is 5.26 Å². The van der Waals surface area contributed by atoms with Crippen molar-refractivity contribution in [1.29, 1.82) is 5.26 Å². The van der Waals surface area contributed by atoms with Gasteiger partial charge in [-0.1, -0.05) is 42.5 Å². The molecule has 1 aliphatic carbocycles. The number of hydrogen-bond acceptors (Lipinski definition) is 4. The first-order valence-corrected chi connectivity index (χ1v) is 7.35. The Labute approximate surface area is 143 Å². The van der Waals surface area contributed by atoms with Crippen molar-refractivity contribution in [3.8, 4) is 6.07 Å². The van der Waals surface area contributed by atoms with Crippen LogP contribution in [0.15, 0.2) is 53.6 Å². The zero-order valence-corrected chi connectivity index (χ0v) is 13.2. The highest BCUT2D eigenvalue weighted by Gasteiger charge is 2.56. The normalized spacial score (nSPS) is 23.6. The van der Waals surface area contributed by atoms with Gasteiger partial charge in [-0.15, -0.1) is 0 Å². The van der Waals surface area contributed by atoms with Gasteiger partial charge in [0.05, 0.1) is 23.5 Å². The van der Waals surface area contributed by atoms with Gasteiger partial charge in [-0.05, 0) is 18.1 Å². The molecule has 0 fully saturated rings. The monoisotopic (exact) mass is 341 g/mol. The zero-order chi connectivity index (χ0) is 18.8. The molecule has 1 aromatic carbocycles. The fraction of sp³-hybridized carbons (Fsp3) is 0.222. The molecular weight excluding hydrogens is 326 g/mol. The van der Waals surface area contributed by atoms with E-state index in [2.05, 4.69) is 0 Å². The molecule has 7 nitrogen and oxygen atoms in total. The second kappa shape index (κ2) is 6.61. The summed E-state index contributed by atoms with van der Waals surface area (Å²) in [5.41, 5.74) is -2.70. The molecule has 3 unspecified atom stereocenters. The number of carbonyl (C=O) groups is 3. The number of aliphatic carboxylic acids is 3. The molecule has 3 atom stereocenters. The molecule has 3 N–H and O–H groups in total. The molecule has 0 aromatic heterocycles. The summed E-state index contributed by atoms with van der Waals surface area (Å²) in [7, 11) is 0. The van der Waals surface area contributed by atoms with Gasteiger partial charge in [0, 0.05) is 0 Å². The van der Waals surface area contributed by atoms with E-state index in [9.17, 15) is 35.0 Å². The maximum atomic E-state index is 12.4. The number of carboxylic acid groups (broad SMARTS) is 3. The smallest absolute Gasteiger partial charge is 0.335 e. The third-order valence-electron chi connectivity index (χ3n) is 4.33. The Balaban J connectivity index is 3.01. The maximum Gasteiger partial charge on any atom is 0.335 e. The van der Waals surface area contributed by atoms with Crippen LogP contribution in [0.5, 0.6) is 0 Å². The minimum Gasteiger partial charge on any atom is -0.481 e. The standard InChI is InChI=1S/C18H15NO6/c1-10(9-19)14-12(15(20)21)7-8-13(16(22)23)18(14,17(24)25)11-5-3-2-4-6-11/h2-8,10,13H,1H3,(H,20,21)(H,22,23)(H,24,25). The summed E-state index contributed by atoms with van der Waals surface area (Å²) < 4.78 is 0. The molecule has 1 aromatic rings. The Morgan fingerprint density at radius 3 is 2.20 bits per heavy atom. The molecule has 2 rings (SSSR count). The lowest BCUT2D eigenvalue weighted by Crippen LogP contribution is -2.51. The first kappa shape index (κ1) is 17.9. The van der Waals surface area contributed by atoms with Crippen LogP contribution in [0.1, 0.15) is 12.5 Å².